The van der Waals surface area contributed by atoms with Crippen LogP contribution in [0.5, 0.6) is 5.75 Å². The predicted octanol–water partition coefficient (Wildman–Crippen LogP) is 3.00. The Hall–Kier alpha value is -2.34. The average Bonchev–Trinajstić information content (AvgIpc) is 3.20. The van der Waals surface area contributed by atoms with Gasteiger partial charge >= 0.3 is 0 Å². The van der Waals surface area contributed by atoms with Crippen molar-refractivity contribution in [2.45, 2.75) is 32.7 Å². The van der Waals surface area contributed by atoms with Crippen LogP contribution in [0.3, 0.4) is 0 Å². The van der Waals surface area contributed by atoms with Crippen LogP contribution in [-0.2, 0) is 17.8 Å². The van der Waals surface area contributed by atoms with Gasteiger partial charge in [0.15, 0.2) is 6.61 Å². The van der Waals surface area contributed by atoms with E-state index in [-0.39, 0.29) is 12.5 Å². The zero-order chi connectivity index (χ0) is 18.8. The number of hydrogen-bond acceptors (Lipinski definition) is 5. The van der Waals surface area contributed by atoms with Gasteiger partial charge in [-0.25, -0.2) is 9.97 Å². The van der Waals surface area contributed by atoms with Crippen molar-refractivity contribution in [3.8, 4) is 5.75 Å². The molecular formula is C20H23ClN4O2. The fraction of sp³-hybridized carbons (Fsp3) is 0.450. The zero-order valence-corrected chi connectivity index (χ0v) is 16.2. The van der Waals surface area contributed by atoms with Crippen LogP contribution in [0.25, 0.3) is 0 Å². The summed E-state index contributed by atoms with van der Waals surface area (Å²) in [6.45, 7) is 5.16. The smallest absolute Gasteiger partial charge is 0.260 e. The molecule has 0 bridgehead atoms. The standard InChI is InChI=1S/C20H23ClN4O2/c1-14-22-17-12-25(19(26)13-27-18-7-3-2-6-16(18)21)11-8-15(17)20(23-14)24-9-4-5-10-24/h2-3,6-7H,4-5,8-13H2,1H3. The summed E-state index contributed by atoms with van der Waals surface area (Å²) in [5.41, 5.74) is 2.15. The molecule has 27 heavy (non-hydrogen) atoms. The maximum absolute atomic E-state index is 12.6. The molecule has 1 amide bonds. The molecule has 6 nitrogen and oxygen atoms in total. The van der Waals surface area contributed by atoms with Gasteiger partial charge in [-0.1, -0.05) is 23.7 Å². The van der Waals surface area contributed by atoms with Gasteiger partial charge in [-0.15, -0.1) is 0 Å². The summed E-state index contributed by atoms with van der Waals surface area (Å²) >= 11 is 6.09. The molecule has 0 atom stereocenters. The molecule has 2 aliphatic heterocycles. The molecule has 1 aromatic carbocycles. The molecule has 0 saturated carbocycles. The molecule has 1 fully saturated rings. The van der Waals surface area contributed by atoms with Crippen LogP contribution in [0.15, 0.2) is 24.3 Å². The molecule has 0 unspecified atom stereocenters. The summed E-state index contributed by atoms with van der Waals surface area (Å²) in [6.07, 6.45) is 3.20. The lowest BCUT2D eigenvalue weighted by Gasteiger charge is -2.31. The third-order valence-electron chi connectivity index (χ3n) is 5.10. The summed E-state index contributed by atoms with van der Waals surface area (Å²) in [5.74, 6) is 2.30. The maximum Gasteiger partial charge on any atom is 0.260 e. The lowest BCUT2D eigenvalue weighted by Crippen LogP contribution is -2.40. The van der Waals surface area contributed by atoms with Crippen LogP contribution in [-0.4, -0.2) is 47.0 Å². The number of anilines is 1. The molecule has 142 valence electrons. The normalized spacial score (nSPS) is 16.4. The molecule has 7 heteroatoms. The van der Waals surface area contributed by atoms with Crippen LogP contribution in [0.2, 0.25) is 5.02 Å². The van der Waals surface area contributed by atoms with E-state index in [1.807, 2.05) is 19.1 Å². The molecule has 0 N–H and O–H groups in total. The molecule has 2 aromatic rings. The molecule has 0 aliphatic carbocycles. The lowest BCUT2D eigenvalue weighted by molar-refractivity contribution is -0.134. The Balaban J connectivity index is 1.46. The Morgan fingerprint density at radius 3 is 2.74 bits per heavy atom. The molecule has 0 spiro atoms. The molecular weight excluding hydrogens is 364 g/mol. The zero-order valence-electron chi connectivity index (χ0n) is 15.4. The number of carbonyl (C=O) groups excluding carboxylic acids is 1. The fourth-order valence-corrected chi connectivity index (χ4v) is 3.92. The number of fused-ring (bicyclic) bond motifs is 1. The SMILES string of the molecule is Cc1nc2c(c(N3CCCC3)n1)CCN(C(=O)COc1ccccc1Cl)C2. The number of aryl methyl sites for hydroxylation is 1. The number of carbonyl (C=O) groups is 1. The van der Waals surface area contributed by atoms with Gasteiger partial charge in [0.1, 0.15) is 17.4 Å². The van der Waals surface area contributed by atoms with E-state index in [4.69, 9.17) is 21.3 Å². The summed E-state index contributed by atoms with van der Waals surface area (Å²) in [5, 5.41) is 0.507. The lowest BCUT2D eigenvalue weighted by atomic mass is 10.0. The second-order valence-electron chi connectivity index (χ2n) is 7.00. The van der Waals surface area contributed by atoms with E-state index < -0.39 is 0 Å². The van der Waals surface area contributed by atoms with E-state index in [9.17, 15) is 4.79 Å². The van der Waals surface area contributed by atoms with E-state index in [1.54, 1.807) is 17.0 Å². The van der Waals surface area contributed by atoms with E-state index in [0.717, 1.165) is 36.8 Å². The number of rotatable bonds is 4. The molecule has 1 aromatic heterocycles. The highest BCUT2D eigenvalue weighted by Gasteiger charge is 2.28. The highest BCUT2D eigenvalue weighted by Crippen LogP contribution is 2.29. The Labute approximate surface area is 164 Å². The summed E-state index contributed by atoms with van der Waals surface area (Å²) in [7, 11) is 0. The first-order chi connectivity index (χ1) is 13.1. The highest BCUT2D eigenvalue weighted by atomic mass is 35.5. The van der Waals surface area contributed by atoms with Crippen molar-refractivity contribution < 1.29 is 9.53 Å². The van der Waals surface area contributed by atoms with Gasteiger partial charge in [-0.2, -0.15) is 0 Å². The number of aromatic nitrogens is 2. The average molecular weight is 387 g/mol. The van der Waals surface area contributed by atoms with E-state index in [1.165, 1.54) is 18.4 Å². The Morgan fingerprint density at radius 2 is 1.96 bits per heavy atom. The van der Waals surface area contributed by atoms with Crippen molar-refractivity contribution in [2.75, 3.05) is 31.1 Å². The first kappa shape index (κ1) is 18.0. The van der Waals surface area contributed by atoms with Gasteiger partial charge in [0.25, 0.3) is 5.91 Å². The number of halogens is 1. The quantitative estimate of drug-likeness (QED) is 0.808. The summed E-state index contributed by atoms with van der Waals surface area (Å²) in [6, 6.07) is 7.18. The molecule has 3 heterocycles. The van der Waals surface area contributed by atoms with Crippen molar-refractivity contribution in [1.82, 2.24) is 14.9 Å². The van der Waals surface area contributed by atoms with Gasteiger partial charge in [0.05, 0.1) is 17.3 Å². The number of nitrogens with zero attached hydrogens (tertiary/aromatic N) is 4. The first-order valence-corrected chi connectivity index (χ1v) is 9.76. The fourth-order valence-electron chi connectivity index (χ4n) is 3.73. The second kappa shape index (κ2) is 7.72. The van der Waals surface area contributed by atoms with E-state index >= 15 is 0 Å². The van der Waals surface area contributed by atoms with Gasteiger partial charge in [-0.3, -0.25) is 4.79 Å². The number of amides is 1. The van der Waals surface area contributed by atoms with Crippen LogP contribution in [0, 0.1) is 6.92 Å². The topological polar surface area (TPSA) is 58.6 Å². The van der Waals surface area contributed by atoms with Crippen LogP contribution < -0.4 is 9.64 Å². The van der Waals surface area contributed by atoms with Crippen LogP contribution >= 0.6 is 11.6 Å². The van der Waals surface area contributed by atoms with Gasteiger partial charge < -0.3 is 14.5 Å². The Bertz CT molecular complexity index is 852. The first-order valence-electron chi connectivity index (χ1n) is 9.38. The minimum absolute atomic E-state index is 0.0257. The van der Waals surface area contributed by atoms with Crippen molar-refractivity contribution in [2.24, 2.45) is 0 Å². The third-order valence-corrected chi connectivity index (χ3v) is 5.41. The van der Waals surface area contributed by atoms with Crippen molar-refractivity contribution >= 4 is 23.3 Å². The third kappa shape index (κ3) is 3.86. The van der Waals surface area contributed by atoms with Crippen LogP contribution in [0.1, 0.15) is 29.9 Å². The molecule has 4 rings (SSSR count). The number of para-hydroxylation sites is 1. The maximum atomic E-state index is 12.6. The minimum Gasteiger partial charge on any atom is -0.482 e. The molecule has 0 radical (unpaired) electrons. The van der Waals surface area contributed by atoms with Crippen LogP contribution in [0.4, 0.5) is 5.82 Å². The highest BCUT2D eigenvalue weighted by molar-refractivity contribution is 6.32. The molecule has 2 aliphatic rings. The van der Waals surface area contributed by atoms with Gasteiger partial charge in [0.2, 0.25) is 0 Å². The Morgan fingerprint density at radius 1 is 1.19 bits per heavy atom. The minimum atomic E-state index is -0.0560. The Kier molecular flexibility index (Phi) is 5.16. The van der Waals surface area contributed by atoms with Gasteiger partial charge in [0, 0.05) is 25.2 Å². The van der Waals surface area contributed by atoms with Crippen molar-refractivity contribution in [3.05, 3.63) is 46.4 Å². The van der Waals surface area contributed by atoms with E-state index in [2.05, 4.69) is 9.88 Å². The number of hydrogen-bond donors (Lipinski definition) is 0. The summed E-state index contributed by atoms with van der Waals surface area (Å²) in [4.78, 5) is 26.1. The monoisotopic (exact) mass is 386 g/mol. The van der Waals surface area contributed by atoms with Gasteiger partial charge in [-0.05, 0) is 38.3 Å². The molecule has 1 saturated heterocycles. The van der Waals surface area contributed by atoms with Crippen molar-refractivity contribution in [3.63, 3.8) is 0 Å². The largest absolute Gasteiger partial charge is 0.482 e. The summed E-state index contributed by atoms with van der Waals surface area (Å²) < 4.78 is 5.60. The van der Waals surface area contributed by atoms with Crippen molar-refractivity contribution in [1.29, 1.82) is 0 Å². The number of ether oxygens (including phenoxy) is 1. The van der Waals surface area contributed by atoms with E-state index in [0.29, 0.717) is 23.9 Å². The second-order valence-corrected chi connectivity index (χ2v) is 7.41. The predicted molar refractivity (Wildman–Crippen MR) is 104 cm³/mol. The number of benzene rings is 1.